The average molecular weight is 397 g/mol. The van der Waals surface area contributed by atoms with Gasteiger partial charge in [-0.15, -0.1) is 0 Å². The van der Waals surface area contributed by atoms with Crippen molar-refractivity contribution in [2.45, 2.75) is 6.04 Å². The number of imidazole rings is 1. The Kier molecular flexibility index (Phi) is 5.61. The molecule has 0 aliphatic rings. The van der Waals surface area contributed by atoms with Gasteiger partial charge in [0.1, 0.15) is 17.6 Å². The number of ether oxygens (including phenoxy) is 1. The maximum atomic E-state index is 12.8. The molecule has 0 radical (unpaired) electrons. The number of hydrogen-bond donors (Lipinski definition) is 1. The van der Waals surface area contributed by atoms with Gasteiger partial charge >= 0.3 is 0 Å². The van der Waals surface area contributed by atoms with Crippen LogP contribution in [0.1, 0.15) is 23.0 Å². The first-order valence-electron chi connectivity index (χ1n) is 9.73. The lowest BCUT2D eigenvalue weighted by Crippen LogP contribution is -2.29. The van der Waals surface area contributed by atoms with Crippen molar-refractivity contribution in [3.05, 3.63) is 102 Å². The molecule has 1 aromatic heterocycles. The van der Waals surface area contributed by atoms with Crippen LogP contribution in [0, 0.1) is 0 Å². The zero-order valence-corrected chi connectivity index (χ0v) is 16.9. The number of amides is 1. The number of hydrogen-bond acceptors (Lipinski definition) is 3. The molecule has 0 bridgehead atoms. The second-order valence-electron chi connectivity index (χ2n) is 7.01. The van der Waals surface area contributed by atoms with Crippen molar-refractivity contribution in [2.75, 3.05) is 7.11 Å². The van der Waals surface area contributed by atoms with E-state index in [9.17, 15) is 4.79 Å². The third kappa shape index (κ3) is 4.10. The van der Waals surface area contributed by atoms with Gasteiger partial charge < -0.3 is 14.6 Å². The number of benzene rings is 3. The molecule has 1 amide bonds. The Balaban J connectivity index is 1.60. The molecule has 1 unspecified atom stereocenters. The van der Waals surface area contributed by atoms with Crippen molar-refractivity contribution in [1.82, 2.24) is 14.9 Å². The van der Waals surface area contributed by atoms with E-state index in [0.29, 0.717) is 0 Å². The predicted molar refractivity (Wildman–Crippen MR) is 119 cm³/mol. The van der Waals surface area contributed by atoms with Gasteiger partial charge in [0.05, 0.1) is 7.11 Å². The summed E-state index contributed by atoms with van der Waals surface area (Å²) in [6, 6.07) is 21.4. The van der Waals surface area contributed by atoms with Crippen LogP contribution in [-0.2, 0) is 11.8 Å². The number of nitrogens with one attached hydrogen (secondary N) is 1. The standard InChI is InChI=1S/C25H23N3O2/c1-28-17-16-26-25(28)24(20-10-13-21(30-2)14-11-20)27-23(29)15-12-19-8-5-7-18-6-3-4-9-22(18)19/h3-17,24H,1-2H3,(H,27,29). The van der Waals surface area contributed by atoms with Crippen LogP contribution >= 0.6 is 0 Å². The molecule has 1 N–H and O–H groups in total. The molecule has 0 saturated heterocycles. The molecule has 150 valence electrons. The molecule has 4 aromatic rings. The normalized spacial score (nSPS) is 12.2. The van der Waals surface area contributed by atoms with Crippen molar-refractivity contribution in [1.29, 1.82) is 0 Å². The fourth-order valence-corrected chi connectivity index (χ4v) is 3.50. The fourth-order valence-electron chi connectivity index (χ4n) is 3.50. The van der Waals surface area contributed by atoms with Crippen LogP contribution in [-0.4, -0.2) is 22.6 Å². The number of aryl methyl sites for hydroxylation is 1. The Bertz CT molecular complexity index is 1190. The van der Waals surface area contributed by atoms with Gasteiger partial charge in [0.15, 0.2) is 0 Å². The quantitative estimate of drug-likeness (QED) is 0.488. The number of rotatable bonds is 6. The molecule has 0 fully saturated rings. The minimum Gasteiger partial charge on any atom is -0.497 e. The van der Waals surface area contributed by atoms with Crippen molar-refractivity contribution < 1.29 is 9.53 Å². The highest BCUT2D eigenvalue weighted by Crippen LogP contribution is 2.23. The highest BCUT2D eigenvalue weighted by molar-refractivity contribution is 5.97. The maximum absolute atomic E-state index is 12.8. The first kappa shape index (κ1) is 19.5. The second-order valence-corrected chi connectivity index (χ2v) is 7.01. The molecule has 0 aliphatic heterocycles. The van der Waals surface area contributed by atoms with Crippen molar-refractivity contribution in [3.63, 3.8) is 0 Å². The Morgan fingerprint density at radius 2 is 1.83 bits per heavy atom. The van der Waals surface area contributed by atoms with Crippen LogP contribution in [0.15, 0.2) is 85.2 Å². The molecule has 0 aliphatic carbocycles. The Hall–Kier alpha value is -3.86. The second kappa shape index (κ2) is 8.66. The summed E-state index contributed by atoms with van der Waals surface area (Å²) in [6.07, 6.45) is 7.01. The molecular weight excluding hydrogens is 374 g/mol. The average Bonchev–Trinajstić information content (AvgIpc) is 3.21. The van der Waals surface area contributed by atoms with Crippen molar-refractivity contribution in [2.24, 2.45) is 7.05 Å². The van der Waals surface area contributed by atoms with Gasteiger partial charge in [0.25, 0.3) is 0 Å². The van der Waals surface area contributed by atoms with Crippen molar-refractivity contribution in [3.8, 4) is 5.75 Å². The molecule has 4 rings (SSSR count). The Morgan fingerprint density at radius 1 is 1.07 bits per heavy atom. The van der Waals surface area contributed by atoms with Gasteiger partial charge in [-0.3, -0.25) is 4.79 Å². The van der Waals surface area contributed by atoms with E-state index in [1.54, 1.807) is 19.4 Å². The van der Waals surface area contributed by atoms with Crippen LogP contribution in [0.5, 0.6) is 5.75 Å². The number of carbonyl (C=O) groups excluding carboxylic acids is 1. The van der Waals surface area contributed by atoms with Crippen LogP contribution < -0.4 is 10.1 Å². The van der Waals surface area contributed by atoms with E-state index in [1.807, 2.05) is 72.4 Å². The molecular formula is C25H23N3O2. The molecule has 1 atom stereocenters. The van der Waals surface area contributed by atoms with Gasteiger partial charge in [-0.05, 0) is 40.1 Å². The summed E-state index contributed by atoms with van der Waals surface area (Å²) in [4.78, 5) is 17.2. The minimum atomic E-state index is -0.374. The van der Waals surface area contributed by atoms with E-state index >= 15 is 0 Å². The lowest BCUT2D eigenvalue weighted by molar-refractivity contribution is -0.117. The molecule has 5 heteroatoms. The van der Waals surface area contributed by atoms with Gasteiger partial charge in [-0.25, -0.2) is 4.98 Å². The number of methoxy groups -OCH3 is 1. The van der Waals surface area contributed by atoms with E-state index in [-0.39, 0.29) is 11.9 Å². The first-order valence-corrected chi connectivity index (χ1v) is 9.73. The van der Waals surface area contributed by atoms with E-state index in [1.165, 1.54) is 0 Å². The fraction of sp³-hybridized carbons (Fsp3) is 0.120. The third-order valence-electron chi connectivity index (χ3n) is 5.09. The topological polar surface area (TPSA) is 56.1 Å². The number of fused-ring (bicyclic) bond motifs is 1. The Morgan fingerprint density at radius 3 is 2.57 bits per heavy atom. The number of aromatic nitrogens is 2. The summed E-state index contributed by atoms with van der Waals surface area (Å²) in [5, 5.41) is 5.34. The van der Waals surface area contributed by atoms with Crippen LogP contribution in [0.25, 0.3) is 16.8 Å². The van der Waals surface area contributed by atoms with E-state index in [2.05, 4.69) is 28.5 Å². The van der Waals surface area contributed by atoms with Gasteiger partial charge in [-0.1, -0.05) is 54.6 Å². The number of nitrogens with zero attached hydrogens (tertiary/aromatic N) is 2. The smallest absolute Gasteiger partial charge is 0.244 e. The largest absolute Gasteiger partial charge is 0.497 e. The summed E-state index contributed by atoms with van der Waals surface area (Å²) in [7, 11) is 3.54. The maximum Gasteiger partial charge on any atom is 0.244 e. The molecule has 0 saturated carbocycles. The zero-order valence-electron chi connectivity index (χ0n) is 16.9. The predicted octanol–water partition coefficient (Wildman–Crippen LogP) is 4.50. The summed E-state index contributed by atoms with van der Waals surface area (Å²) in [5.74, 6) is 1.33. The third-order valence-corrected chi connectivity index (χ3v) is 5.09. The molecule has 30 heavy (non-hydrogen) atoms. The van der Waals surface area contributed by atoms with E-state index in [4.69, 9.17) is 4.74 Å². The Labute approximate surface area is 175 Å². The zero-order chi connectivity index (χ0) is 20.9. The van der Waals surface area contributed by atoms with Gasteiger partial charge in [-0.2, -0.15) is 0 Å². The summed E-state index contributed by atoms with van der Waals surface area (Å²) >= 11 is 0. The van der Waals surface area contributed by atoms with Gasteiger partial charge in [0, 0.05) is 25.5 Å². The number of carbonyl (C=O) groups is 1. The highest BCUT2D eigenvalue weighted by Gasteiger charge is 2.20. The van der Waals surface area contributed by atoms with Crippen molar-refractivity contribution >= 4 is 22.8 Å². The lowest BCUT2D eigenvalue weighted by Gasteiger charge is -2.18. The highest BCUT2D eigenvalue weighted by atomic mass is 16.5. The van der Waals surface area contributed by atoms with Gasteiger partial charge in [0.2, 0.25) is 5.91 Å². The minimum absolute atomic E-state index is 0.188. The SMILES string of the molecule is COc1ccc(C(NC(=O)C=Cc2cccc3ccccc23)c2nccn2C)cc1. The first-order chi connectivity index (χ1) is 14.7. The summed E-state index contributed by atoms with van der Waals surface area (Å²) in [5.41, 5.74) is 1.93. The van der Waals surface area contributed by atoms with Crippen LogP contribution in [0.2, 0.25) is 0 Å². The molecule has 1 heterocycles. The van der Waals surface area contributed by atoms with Crippen LogP contribution in [0.3, 0.4) is 0 Å². The van der Waals surface area contributed by atoms with Crippen LogP contribution in [0.4, 0.5) is 0 Å². The lowest BCUT2D eigenvalue weighted by atomic mass is 10.0. The molecule has 0 spiro atoms. The van der Waals surface area contributed by atoms with E-state index in [0.717, 1.165) is 33.5 Å². The summed E-state index contributed by atoms with van der Waals surface area (Å²) in [6.45, 7) is 0. The monoisotopic (exact) mass is 397 g/mol. The molecule has 5 nitrogen and oxygen atoms in total. The summed E-state index contributed by atoms with van der Waals surface area (Å²) < 4.78 is 7.15. The molecule has 3 aromatic carbocycles. The van der Waals surface area contributed by atoms with E-state index < -0.39 is 0 Å².